The Morgan fingerprint density at radius 3 is 2.75 bits per heavy atom. The third-order valence-electron chi connectivity index (χ3n) is 3.52. The van der Waals surface area contributed by atoms with Gasteiger partial charge in [0.15, 0.2) is 5.65 Å². The fraction of sp³-hybridized carbons (Fsp3) is 0.417. The van der Waals surface area contributed by atoms with Crippen LogP contribution in [0, 0.1) is 0 Å². The number of hydrogen-bond donors (Lipinski definition) is 2. The summed E-state index contributed by atoms with van der Waals surface area (Å²) in [7, 11) is 1.39. The first-order valence-electron chi connectivity index (χ1n) is 6.87. The first kappa shape index (κ1) is 16.1. The number of nitrogens with zero attached hydrogens (tertiary/aromatic N) is 7. The molecule has 9 nitrogen and oxygen atoms in total. The van der Waals surface area contributed by atoms with Crippen LogP contribution in [0.4, 0.5) is 19.0 Å². The van der Waals surface area contributed by atoms with Crippen molar-refractivity contribution in [2.24, 2.45) is 7.05 Å². The molecule has 0 spiro atoms. The minimum absolute atomic E-state index is 0.191. The number of tetrazole rings is 1. The van der Waals surface area contributed by atoms with Gasteiger partial charge >= 0.3 is 6.18 Å². The van der Waals surface area contributed by atoms with E-state index in [4.69, 9.17) is 0 Å². The van der Waals surface area contributed by atoms with Crippen LogP contribution in [0.25, 0.3) is 5.65 Å². The highest BCUT2D eigenvalue weighted by Gasteiger charge is 2.57. The number of rotatable bonds is 5. The fourth-order valence-corrected chi connectivity index (χ4v) is 2.26. The Kier molecular flexibility index (Phi) is 3.83. The van der Waals surface area contributed by atoms with Gasteiger partial charge in [-0.05, 0) is 22.6 Å². The van der Waals surface area contributed by atoms with E-state index in [-0.39, 0.29) is 12.4 Å². The molecule has 0 radical (unpaired) electrons. The summed E-state index contributed by atoms with van der Waals surface area (Å²) in [6.07, 6.45) is -2.98. The molecule has 0 saturated carbocycles. The zero-order valence-electron chi connectivity index (χ0n) is 12.4. The van der Waals surface area contributed by atoms with Gasteiger partial charge in [-0.2, -0.15) is 13.2 Å². The molecule has 0 bridgehead atoms. The van der Waals surface area contributed by atoms with Crippen molar-refractivity contribution < 1.29 is 18.3 Å². The van der Waals surface area contributed by atoms with Crippen LogP contribution in [-0.2, 0) is 12.6 Å². The molecule has 0 aliphatic carbocycles. The number of anilines is 1. The third-order valence-corrected chi connectivity index (χ3v) is 3.52. The highest BCUT2D eigenvalue weighted by atomic mass is 19.4. The Morgan fingerprint density at radius 2 is 2.08 bits per heavy atom. The lowest BCUT2D eigenvalue weighted by molar-refractivity contribution is -0.271. The lowest BCUT2D eigenvalue weighted by Crippen LogP contribution is -2.45. The predicted molar refractivity (Wildman–Crippen MR) is 74.8 cm³/mol. The number of imidazole rings is 1. The van der Waals surface area contributed by atoms with Gasteiger partial charge in [0.25, 0.3) is 0 Å². The molecular formula is C12H13F3N8O. The molecule has 12 heteroatoms. The summed E-state index contributed by atoms with van der Waals surface area (Å²) in [5, 5.41) is 27.6. The number of halogens is 3. The summed E-state index contributed by atoms with van der Waals surface area (Å²) in [6.45, 7) is -0.191. The standard InChI is InChI=1S/C12H13F3N8O/c1-22-7-6-17-10(22)11(24,12(13,14)15)4-5-16-8-2-3-9-18-20-21-23(9)19-8/h2-3,6-7,24H,4-5H2,1H3,(H,16,19). The second kappa shape index (κ2) is 5.70. The number of aromatic nitrogens is 7. The van der Waals surface area contributed by atoms with Crippen LogP contribution in [-0.4, -0.2) is 52.6 Å². The molecule has 0 saturated heterocycles. The zero-order valence-corrected chi connectivity index (χ0v) is 12.4. The van der Waals surface area contributed by atoms with E-state index < -0.39 is 24.0 Å². The van der Waals surface area contributed by atoms with Crippen LogP contribution in [0.1, 0.15) is 12.2 Å². The molecule has 0 aliphatic heterocycles. The topological polar surface area (TPSA) is 106 Å². The van der Waals surface area contributed by atoms with Crippen molar-refractivity contribution in [3.05, 3.63) is 30.4 Å². The van der Waals surface area contributed by atoms with Gasteiger partial charge in [-0.25, -0.2) is 4.98 Å². The molecular weight excluding hydrogens is 329 g/mol. The Balaban J connectivity index is 1.75. The summed E-state index contributed by atoms with van der Waals surface area (Å²) in [5.41, 5.74) is -2.67. The Bertz CT molecular complexity index is 844. The minimum Gasteiger partial charge on any atom is -0.374 e. The molecule has 0 aliphatic rings. The number of aliphatic hydroxyl groups is 1. The van der Waals surface area contributed by atoms with Crippen molar-refractivity contribution in [1.82, 2.24) is 34.8 Å². The van der Waals surface area contributed by atoms with Crippen LogP contribution < -0.4 is 5.32 Å². The second-order valence-electron chi connectivity index (χ2n) is 5.14. The number of fused-ring (bicyclic) bond motifs is 1. The Hall–Kier alpha value is -2.76. The number of aryl methyl sites for hydroxylation is 1. The number of alkyl halides is 3. The molecule has 3 aromatic rings. The lowest BCUT2D eigenvalue weighted by Gasteiger charge is -2.30. The largest absolute Gasteiger partial charge is 0.424 e. The van der Waals surface area contributed by atoms with E-state index in [0.717, 1.165) is 9.20 Å². The number of nitrogens with one attached hydrogen (secondary N) is 1. The van der Waals surface area contributed by atoms with Gasteiger partial charge in [0.1, 0.15) is 11.6 Å². The zero-order chi connectivity index (χ0) is 17.4. The molecule has 1 unspecified atom stereocenters. The van der Waals surface area contributed by atoms with E-state index in [2.05, 4.69) is 30.9 Å². The molecule has 3 aromatic heterocycles. The van der Waals surface area contributed by atoms with Gasteiger partial charge in [0.2, 0.25) is 5.60 Å². The van der Waals surface area contributed by atoms with Crippen molar-refractivity contribution in [3.63, 3.8) is 0 Å². The van der Waals surface area contributed by atoms with Gasteiger partial charge in [-0.3, -0.25) is 0 Å². The van der Waals surface area contributed by atoms with E-state index in [1.807, 2.05) is 0 Å². The van der Waals surface area contributed by atoms with Gasteiger partial charge in [-0.15, -0.1) is 14.8 Å². The van der Waals surface area contributed by atoms with Gasteiger partial charge in [0, 0.05) is 32.4 Å². The monoisotopic (exact) mass is 342 g/mol. The van der Waals surface area contributed by atoms with Crippen LogP contribution >= 0.6 is 0 Å². The third kappa shape index (κ3) is 2.75. The molecule has 3 rings (SSSR count). The normalized spacial score (nSPS) is 14.7. The second-order valence-corrected chi connectivity index (χ2v) is 5.14. The van der Waals surface area contributed by atoms with Crippen LogP contribution in [0.2, 0.25) is 0 Å². The Labute approximate surface area is 133 Å². The van der Waals surface area contributed by atoms with Crippen LogP contribution in [0.5, 0.6) is 0 Å². The quantitative estimate of drug-likeness (QED) is 0.695. The molecule has 128 valence electrons. The summed E-state index contributed by atoms with van der Waals surface area (Å²) >= 11 is 0. The van der Waals surface area contributed by atoms with Crippen LogP contribution in [0.15, 0.2) is 24.5 Å². The average molecular weight is 342 g/mol. The van der Waals surface area contributed by atoms with Crippen molar-refractivity contribution in [3.8, 4) is 0 Å². The van der Waals surface area contributed by atoms with E-state index in [1.54, 1.807) is 6.07 Å². The molecule has 0 fully saturated rings. The molecule has 2 N–H and O–H groups in total. The van der Waals surface area contributed by atoms with E-state index in [9.17, 15) is 18.3 Å². The molecule has 0 amide bonds. The van der Waals surface area contributed by atoms with Crippen LogP contribution in [0.3, 0.4) is 0 Å². The highest BCUT2D eigenvalue weighted by molar-refractivity contribution is 5.42. The first-order valence-corrected chi connectivity index (χ1v) is 6.87. The van der Waals surface area contributed by atoms with Crippen molar-refractivity contribution in [1.29, 1.82) is 0 Å². The van der Waals surface area contributed by atoms with Gasteiger partial charge in [0.05, 0.1) is 0 Å². The van der Waals surface area contributed by atoms with E-state index in [0.29, 0.717) is 5.65 Å². The SMILES string of the molecule is Cn1ccnc1C(O)(CCNc1ccc2nnnn2n1)C(F)(F)F. The van der Waals surface area contributed by atoms with Gasteiger partial charge in [-0.1, -0.05) is 0 Å². The van der Waals surface area contributed by atoms with E-state index in [1.165, 1.54) is 25.5 Å². The summed E-state index contributed by atoms with van der Waals surface area (Å²) in [5.74, 6) is -0.195. The van der Waals surface area contributed by atoms with Crippen molar-refractivity contribution in [2.45, 2.75) is 18.2 Å². The van der Waals surface area contributed by atoms with E-state index >= 15 is 0 Å². The molecule has 1 atom stereocenters. The van der Waals surface area contributed by atoms with Gasteiger partial charge < -0.3 is 15.0 Å². The van der Waals surface area contributed by atoms with Crippen molar-refractivity contribution in [2.75, 3.05) is 11.9 Å². The molecule has 3 heterocycles. The smallest absolute Gasteiger partial charge is 0.374 e. The Morgan fingerprint density at radius 1 is 1.29 bits per heavy atom. The first-order chi connectivity index (χ1) is 11.3. The summed E-state index contributed by atoms with van der Waals surface area (Å²) in [6, 6.07) is 3.09. The lowest BCUT2D eigenvalue weighted by atomic mass is 9.97. The van der Waals surface area contributed by atoms with Crippen molar-refractivity contribution >= 4 is 11.5 Å². The minimum atomic E-state index is -4.87. The fourth-order valence-electron chi connectivity index (χ4n) is 2.26. The maximum absolute atomic E-state index is 13.4. The maximum Gasteiger partial charge on any atom is 0.424 e. The maximum atomic E-state index is 13.4. The summed E-state index contributed by atoms with van der Waals surface area (Å²) in [4.78, 5) is 3.63. The molecule has 24 heavy (non-hydrogen) atoms. The molecule has 0 aromatic carbocycles. The number of hydrogen-bond acceptors (Lipinski definition) is 7. The average Bonchev–Trinajstić information content (AvgIpc) is 3.14. The predicted octanol–water partition coefficient (Wildman–Crippen LogP) is 0.505. The highest BCUT2D eigenvalue weighted by Crippen LogP contribution is 2.40. The summed E-state index contributed by atoms with van der Waals surface area (Å²) < 4.78 is 42.4.